The summed E-state index contributed by atoms with van der Waals surface area (Å²) in [6, 6.07) is 7.77. The second kappa shape index (κ2) is 8.67. The molecule has 1 fully saturated rings. The van der Waals surface area contributed by atoms with Crippen LogP contribution in [-0.4, -0.2) is 44.2 Å². The lowest BCUT2D eigenvalue weighted by Crippen LogP contribution is -2.35. The molecule has 4 heteroatoms. The highest BCUT2D eigenvalue weighted by Crippen LogP contribution is 2.09. The molecule has 1 aromatic carbocycles. The van der Waals surface area contributed by atoms with Crippen molar-refractivity contribution in [3.8, 4) is 0 Å². The highest BCUT2D eigenvalue weighted by Gasteiger charge is 2.10. The Balaban J connectivity index is 0.000000861. The van der Waals surface area contributed by atoms with E-state index in [1.807, 2.05) is 38.1 Å². The zero-order valence-electron chi connectivity index (χ0n) is 12.1. The van der Waals surface area contributed by atoms with E-state index in [0.717, 1.165) is 32.8 Å². The summed E-state index contributed by atoms with van der Waals surface area (Å²) >= 11 is 0. The summed E-state index contributed by atoms with van der Waals surface area (Å²) in [6.07, 6.45) is 0. The third kappa shape index (κ3) is 5.01. The molecule has 0 saturated carbocycles. The van der Waals surface area contributed by atoms with Crippen molar-refractivity contribution in [1.82, 2.24) is 10.2 Å². The first-order valence-corrected chi connectivity index (χ1v) is 6.91. The minimum absolute atomic E-state index is 0.0390. The minimum Gasteiger partial charge on any atom is -0.379 e. The standard InChI is InChI=1S/C13H18N2O2.C2H6/c1-14-13(16)12-4-2-11(3-5-12)10-15-6-8-17-9-7-15;1-2/h2-5H,6-10H2,1H3,(H,14,16);1-2H3. The SMILES string of the molecule is CC.CNC(=O)c1ccc(CN2CCOCC2)cc1. The normalized spacial score (nSPS) is 15.3. The van der Waals surface area contributed by atoms with Crippen LogP contribution in [0.5, 0.6) is 0 Å². The summed E-state index contributed by atoms with van der Waals surface area (Å²) in [6.45, 7) is 8.53. The molecule has 1 aliphatic heterocycles. The number of morpholine rings is 1. The molecule has 1 saturated heterocycles. The number of carbonyl (C=O) groups is 1. The second-order valence-electron chi connectivity index (χ2n) is 4.16. The van der Waals surface area contributed by atoms with Gasteiger partial charge in [0.1, 0.15) is 0 Å². The highest BCUT2D eigenvalue weighted by atomic mass is 16.5. The van der Waals surface area contributed by atoms with Gasteiger partial charge in [-0.05, 0) is 17.7 Å². The molecule has 1 amide bonds. The van der Waals surface area contributed by atoms with Crippen molar-refractivity contribution in [2.45, 2.75) is 20.4 Å². The lowest BCUT2D eigenvalue weighted by molar-refractivity contribution is 0.0342. The molecule has 1 N–H and O–H groups in total. The summed E-state index contributed by atoms with van der Waals surface area (Å²) in [5.41, 5.74) is 1.94. The number of carbonyl (C=O) groups excluding carboxylic acids is 1. The summed E-state index contributed by atoms with van der Waals surface area (Å²) in [7, 11) is 1.64. The molecular weight excluding hydrogens is 240 g/mol. The van der Waals surface area contributed by atoms with E-state index in [1.54, 1.807) is 7.05 Å². The average molecular weight is 264 g/mol. The number of nitrogens with zero attached hydrogens (tertiary/aromatic N) is 1. The van der Waals surface area contributed by atoms with Crippen LogP contribution in [-0.2, 0) is 11.3 Å². The number of rotatable bonds is 3. The van der Waals surface area contributed by atoms with Gasteiger partial charge in [-0.3, -0.25) is 9.69 Å². The molecule has 0 bridgehead atoms. The van der Waals surface area contributed by atoms with Gasteiger partial charge in [-0.15, -0.1) is 0 Å². The number of nitrogens with one attached hydrogen (secondary N) is 1. The molecule has 1 aliphatic rings. The predicted octanol–water partition coefficient (Wildman–Crippen LogP) is 1.90. The quantitative estimate of drug-likeness (QED) is 0.906. The zero-order valence-corrected chi connectivity index (χ0v) is 12.1. The largest absolute Gasteiger partial charge is 0.379 e. The molecule has 19 heavy (non-hydrogen) atoms. The lowest BCUT2D eigenvalue weighted by Gasteiger charge is -2.26. The fourth-order valence-corrected chi connectivity index (χ4v) is 1.92. The van der Waals surface area contributed by atoms with Crippen molar-refractivity contribution in [2.75, 3.05) is 33.4 Å². The summed E-state index contributed by atoms with van der Waals surface area (Å²) in [4.78, 5) is 13.7. The molecule has 1 aromatic rings. The zero-order chi connectivity index (χ0) is 14.1. The molecule has 2 rings (SSSR count). The van der Waals surface area contributed by atoms with E-state index in [9.17, 15) is 4.79 Å². The second-order valence-corrected chi connectivity index (χ2v) is 4.16. The lowest BCUT2D eigenvalue weighted by atomic mass is 10.1. The molecular formula is C15H24N2O2. The number of hydrogen-bond acceptors (Lipinski definition) is 3. The van der Waals surface area contributed by atoms with E-state index in [4.69, 9.17) is 4.74 Å². The molecule has 0 unspecified atom stereocenters. The van der Waals surface area contributed by atoms with Gasteiger partial charge in [0.2, 0.25) is 0 Å². The van der Waals surface area contributed by atoms with Crippen LogP contribution in [0, 0.1) is 0 Å². The first-order chi connectivity index (χ1) is 9.29. The maximum atomic E-state index is 11.4. The fraction of sp³-hybridized carbons (Fsp3) is 0.533. The van der Waals surface area contributed by atoms with Crippen molar-refractivity contribution >= 4 is 5.91 Å². The molecule has 4 nitrogen and oxygen atoms in total. The smallest absolute Gasteiger partial charge is 0.251 e. The molecule has 0 spiro atoms. The van der Waals surface area contributed by atoms with E-state index >= 15 is 0 Å². The first-order valence-electron chi connectivity index (χ1n) is 6.91. The van der Waals surface area contributed by atoms with Gasteiger partial charge in [-0.1, -0.05) is 26.0 Å². The van der Waals surface area contributed by atoms with Crippen LogP contribution in [0.15, 0.2) is 24.3 Å². The molecule has 0 aliphatic carbocycles. The van der Waals surface area contributed by atoms with Gasteiger partial charge in [0, 0.05) is 32.2 Å². The van der Waals surface area contributed by atoms with Crippen LogP contribution in [0.3, 0.4) is 0 Å². The third-order valence-electron chi connectivity index (χ3n) is 2.95. The van der Waals surface area contributed by atoms with Gasteiger partial charge in [0.05, 0.1) is 13.2 Å². The number of ether oxygens (including phenoxy) is 1. The van der Waals surface area contributed by atoms with Crippen LogP contribution >= 0.6 is 0 Å². The Morgan fingerprint density at radius 2 is 1.79 bits per heavy atom. The molecule has 0 radical (unpaired) electrons. The van der Waals surface area contributed by atoms with E-state index in [1.165, 1.54) is 5.56 Å². The number of benzene rings is 1. The van der Waals surface area contributed by atoms with Crippen molar-refractivity contribution in [2.24, 2.45) is 0 Å². The predicted molar refractivity (Wildman–Crippen MR) is 77.3 cm³/mol. The topological polar surface area (TPSA) is 41.6 Å². The van der Waals surface area contributed by atoms with E-state index in [0.29, 0.717) is 5.56 Å². The van der Waals surface area contributed by atoms with E-state index < -0.39 is 0 Å². The van der Waals surface area contributed by atoms with Crippen LogP contribution in [0.25, 0.3) is 0 Å². The van der Waals surface area contributed by atoms with Crippen molar-refractivity contribution in [3.63, 3.8) is 0 Å². The Bertz CT molecular complexity index is 370. The first kappa shape index (κ1) is 15.7. The summed E-state index contributed by atoms with van der Waals surface area (Å²) in [5.74, 6) is -0.0390. The van der Waals surface area contributed by atoms with Gasteiger partial charge < -0.3 is 10.1 Å². The van der Waals surface area contributed by atoms with E-state index in [-0.39, 0.29) is 5.91 Å². The Morgan fingerprint density at radius 1 is 1.21 bits per heavy atom. The third-order valence-corrected chi connectivity index (χ3v) is 2.95. The Kier molecular flexibility index (Phi) is 7.15. The van der Waals surface area contributed by atoms with Gasteiger partial charge >= 0.3 is 0 Å². The number of hydrogen-bond donors (Lipinski definition) is 1. The van der Waals surface area contributed by atoms with Crippen molar-refractivity contribution < 1.29 is 9.53 Å². The van der Waals surface area contributed by atoms with Crippen LogP contribution in [0.1, 0.15) is 29.8 Å². The van der Waals surface area contributed by atoms with E-state index in [2.05, 4.69) is 10.2 Å². The molecule has 106 valence electrons. The summed E-state index contributed by atoms with van der Waals surface area (Å²) < 4.78 is 5.31. The maximum absolute atomic E-state index is 11.4. The van der Waals surface area contributed by atoms with Gasteiger partial charge in [-0.2, -0.15) is 0 Å². The van der Waals surface area contributed by atoms with Gasteiger partial charge in [0.25, 0.3) is 5.91 Å². The Morgan fingerprint density at radius 3 is 2.32 bits per heavy atom. The fourth-order valence-electron chi connectivity index (χ4n) is 1.92. The van der Waals surface area contributed by atoms with Crippen LogP contribution < -0.4 is 5.32 Å². The van der Waals surface area contributed by atoms with Gasteiger partial charge in [-0.25, -0.2) is 0 Å². The van der Waals surface area contributed by atoms with Crippen molar-refractivity contribution in [3.05, 3.63) is 35.4 Å². The monoisotopic (exact) mass is 264 g/mol. The molecule has 0 atom stereocenters. The Labute approximate surface area is 115 Å². The molecule has 0 aromatic heterocycles. The highest BCUT2D eigenvalue weighted by molar-refractivity contribution is 5.93. The average Bonchev–Trinajstić information content (AvgIpc) is 2.50. The summed E-state index contributed by atoms with van der Waals surface area (Å²) in [5, 5.41) is 2.62. The van der Waals surface area contributed by atoms with Crippen molar-refractivity contribution in [1.29, 1.82) is 0 Å². The van der Waals surface area contributed by atoms with Crippen LogP contribution in [0.4, 0.5) is 0 Å². The van der Waals surface area contributed by atoms with Crippen LogP contribution in [0.2, 0.25) is 0 Å². The Hall–Kier alpha value is -1.39. The molecule has 1 heterocycles. The maximum Gasteiger partial charge on any atom is 0.251 e. The van der Waals surface area contributed by atoms with Gasteiger partial charge in [0.15, 0.2) is 0 Å². The minimum atomic E-state index is -0.0390. The number of amides is 1.